The molecule has 1 N–H and O–H groups in total. The fourth-order valence-corrected chi connectivity index (χ4v) is 2.29. The van der Waals surface area contributed by atoms with E-state index in [1.54, 1.807) is 7.11 Å². The molecule has 0 unspecified atom stereocenters. The van der Waals surface area contributed by atoms with Crippen LogP contribution in [0.2, 0.25) is 0 Å². The zero-order valence-corrected chi connectivity index (χ0v) is 11.3. The number of nitrogens with zero attached hydrogens (tertiary/aromatic N) is 1. The third kappa shape index (κ3) is 3.12. The molecule has 0 amide bonds. The van der Waals surface area contributed by atoms with E-state index in [4.69, 9.17) is 4.74 Å². The Balaban J connectivity index is 1.88. The highest BCUT2D eigenvalue weighted by Gasteiger charge is 2.03. The molecule has 3 heteroatoms. The Hall–Kier alpha value is -1.32. The lowest BCUT2D eigenvalue weighted by atomic mass is 10.2. The average Bonchev–Trinajstić information content (AvgIpc) is 2.71. The number of hydrogen-bond donors (Lipinski definition) is 1. The fourth-order valence-electron chi connectivity index (χ4n) is 2.29. The molecular formula is C15H22N2O. The normalized spacial score (nSPS) is 11.2. The molecule has 0 bridgehead atoms. The Morgan fingerprint density at radius 3 is 2.89 bits per heavy atom. The number of methoxy groups -OCH3 is 1. The van der Waals surface area contributed by atoms with Gasteiger partial charge < -0.3 is 14.6 Å². The van der Waals surface area contributed by atoms with Crippen LogP contribution >= 0.6 is 0 Å². The lowest BCUT2D eigenvalue weighted by Crippen LogP contribution is -2.21. The van der Waals surface area contributed by atoms with Crippen LogP contribution in [0.4, 0.5) is 0 Å². The molecule has 0 aliphatic rings. The van der Waals surface area contributed by atoms with E-state index in [0.29, 0.717) is 0 Å². The summed E-state index contributed by atoms with van der Waals surface area (Å²) in [5.41, 5.74) is 2.70. The van der Waals surface area contributed by atoms with E-state index < -0.39 is 0 Å². The molecule has 2 aromatic rings. The van der Waals surface area contributed by atoms with Crippen LogP contribution in [0.5, 0.6) is 0 Å². The van der Waals surface area contributed by atoms with Crippen LogP contribution in [-0.4, -0.2) is 31.4 Å². The van der Waals surface area contributed by atoms with E-state index in [2.05, 4.69) is 47.3 Å². The summed E-state index contributed by atoms with van der Waals surface area (Å²) in [4.78, 5) is 0. The molecule has 0 saturated carbocycles. The predicted molar refractivity (Wildman–Crippen MR) is 76.0 cm³/mol. The second-order valence-electron chi connectivity index (χ2n) is 4.62. The standard InChI is InChI=1S/C15H22N2O/c1-13-12-17(10-5-8-16-9-11-18-2)15-7-4-3-6-14(13)15/h3-4,6-7,12,16H,5,8-11H2,1-2H3. The molecule has 0 radical (unpaired) electrons. The minimum absolute atomic E-state index is 0.783. The first kappa shape index (κ1) is 13.1. The maximum Gasteiger partial charge on any atom is 0.0587 e. The molecule has 0 atom stereocenters. The van der Waals surface area contributed by atoms with Gasteiger partial charge in [0.2, 0.25) is 0 Å². The van der Waals surface area contributed by atoms with Crippen LogP contribution in [0, 0.1) is 6.92 Å². The molecule has 0 aliphatic carbocycles. The van der Waals surface area contributed by atoms with Gasteiger partial charge in [0.1, 0.15) is 0 Å². The van der Waals surface area contributed by atoms with Gasteiger partial charge in [0.25, 0.3) is 0 Å². The van der Waals surface area contributed by atoms with Gasteiger partial charge in [-0.05, 0) is 31.5 Å². The molecule has 0 saturated heterocycles. The van der Waals surface area contributed by atoms with E-state index in [9.17, 15) is 0 Å². The first-order chi connectivity index (χ1) is 8.83. The summed E-state index contributed by atoms with van der Waals surface area (Å²) >= 11 is 0. The first-order valence-corrected chi connectivity index (χ1v) is 6.57. The zero-order chi connectivity index (χ0) is 12.8. The maximum absolute atomic E-state index is 5.00. The summed E-state index contributed by atoms with van der Waals surface area (Å²) in [5.74, 6) is 0. The van der Waals surface area contributed by atoms with Crippen molar-refractivity contribution in [2.45, 2.75) is 19.9 Å². The molecule has 18 heavy (non-hydrogen) atoms. The number of hydrogen-bond acceptors (Lipinski definition) is 2. The van der Waals surface area contributed by atoms with Crippen LogP contribution in [0.1, 0.15) is 12.0 Å². The fraction of sp³-hybridized carbons (Fsp3) is 0.467. The van der Waals surface area contributed by atoms with Crippen LogP contribution in [0.15, 0.2) is 30.5 Å². The molecule has 2 rings (SSSR count). The molecule has 98 valence electrons. The Bertz CT molecular complexity index is 490. The highest BCUT2D eigenvalue weighted by atomic mass is 16.5. The molecule has 1 aromatic carbocycles. The Labute approximate surface area is 109 Å². The van der Waals surface area contributed by atoms with E-state index in [1.165, 1.54) is 16.5 Å². The molecule has 3 nitrogen and oxygen atoms in total. The first-order valence-electron chi connectivity index (χ1n) is 6.57. The lowest BCUT2D eigenvalue weighted by Gasteiger charge is -2.06. The highest BCUT2D eigenvalue weighted by molar-refractivity contribution is 5.83. The summed E-state index contributed by atoms with van der Waals surface area (Å²) in [5, 5.41) is 4.74. The predicted octanol–water partition coefficient (Wildman–Crippen LogP) is 2.58. The molecular weight excluding hydrogens is 224 g/mol. The molecule has 0 spiro atoms. The topological polar surface area (TPSA) is 26.2 Å². The van der Waals surface area contributed by atoms with Gasteiger partial charge in [0.05, 0.1) is 6.61 Å². The van der Waals surface area contributed by atoms with E-state index in [-0.39, 0.29) is 0 Å². The second kappa shape index (κ2) is 6.57. The van der Waals surface area contributed by atoms with E-state index >= 15 is 0 Å². The number of nitrogens with one attached hydrogen (secondary N) is 1. The second-order valence-corrected chi connectivity index (χ2v) is 4.62. The minimum atomic E-state index is 0.783. The van der Waals surface area contributed by atoms with Crippen LogP contribution in [-0.2, 0) is 11.3 Å². The third-order valence-corrected chi connectivity index (χ3v) is 3.22. The molecule has 1 aromatic heterocycles. The largest absolute Gasteiger partial charge is 0.383 e. The van der Waals surface area contributed by atoms with Gasteiger partial charge in [-0.15, -0.1) is 0 Å². The summed E-state index contributed by atoms with van der Waals surface area (Å²) in [6.07, 6.45) is 3.39. The SMILES string of the molecule is COCCNCCCn1cc(C)c2ccccc21. The van der Waals surface area contributed by atoms with Crippen LogP contribution in [0.25, 0.3) is 10.9 Å². The summed E-state index contributed by atoms with van der Waals surface area (Å²) in [7, 11) is 1.73. The molecule has 0 fully saturated rings. The minimum Gasteiger partial charge on any atom is -0.383 e. The number of fused-ring (bicyclic) bond motifs is 1. The van der Waals surface area contributed by atoms with Crippen molar-refractivity contribution in [3.05, 3.63) is 36.0 Å². The van der Waals surface area contributed by atoms with Gasteiger partial charge in [-0.2, -0.15) is 0 Å². The number of para-hydroxylation sites is 1. The van der Waals surface area contributed by atoms with Gasteiger partial charge in [-0.1, -0.05) is 18.2 Å². The van der Waals surface area contributed by atoms with Crippen molar-refractivity contribution in [1.29, 1.82) is 0 Å². The van der Waals surface area contributed by atoms with Crippen molar-refractivity contribution in [2.75, 3.05) is 26.8 Å². The van der Waals surface area contributed by atoms with Crippen molar-refractivity contribution in [3.63, 3.8) is 0 Å². The summed E-state index contributed by atoms with van der Waals surface area (Å²) < 4.78 is 7.35. The van der Waals surface area contributed by atoms with Crippen LogP contribution in [0.3, 0.4) is 0 Å². The van der Waals surface area contributed by atoms with Gasteiger partial charge in [-0.3, -0.25) is 0 Å². The lowest BCUT2D eigenvalue weighted by molar-refractivity contribution is 0.199. The van der Waals surface area contributed by atoms with Crippen molar-refractivity contribution >= 4 is 10.9 Å². The summed E-state index contributed by atoms with van der Waals surface area (Å²) in [6.45, 7) is 5.99. The van der Waals surface area contributed by atoms with Gasteiger partial charge in [-0.25, -0.2) is 0 Å². The van der Waals surface area contributed by atoms with Crippen LogP contribution < -0.4 is 5.32 Å². The molecule has 1 heterocycles. The number of rotatable bonds is 7. The van der Waals surface area contributed by atoms with Crippen molar-refractivity contribution in [3.8, 4) is 0 Å². The Morgan fingerprint density at radius 1 is 1.22 bits per heavy atom. The maximum atomic E-state index is 5.00. The van der Waals surface area contributed by atoms with Crippen molar-refractivity contribution in [2.24, 2.45) is 0 Å². The van der Waals surface area contributed by atoms with Crippen molar-refractivity contribution < 1.29 is 4.74 Å². The Morgan fingerprint density at radius 2 is 2.06 bits per heavy atom. The summed E-state index contributed by atoms with van der Waals surface area (Å²) in [6, 6.07) is 8.60. The quantitative estimate of drug-likeness (QED) is 0.760. The average molecular weight is 246 g/mol. The highest BCUT2D eigenvalue weighted by Crippen LogP contribution is 2.20. The Kier molecular flexibility index (Phi) is 4.79. The monoisotopic (exact) mass is 246 g/mol. The smallest absolute Gasteiger partial charge is 0.0587 e. The number of benzene rings is 1. The zero-order valence-electron chi connectivity index (χ0n) is 11.3. The van der Waals surface area contributed by atoms with E-state index in [1.807, 2.05) is 0 Å². The number of aromatic nitrogens is 1. The third-order valence-electron chi connectivity index (χ3n) is 3.22. The van der Waals surface area contributed by atoms with Crippen molar-refractivity contribution in [1.82, 2.24) is 9.88 Å². The van der Waals surface area contributed by atoms with Gasteiger partial charge >= 0.3 is 0 Å². The molecule has 0 aliphatic heterocycles. The number of ether oxygens (including phenoxy) is 1. The number of aryl methyl sites for hydroxylation is 2. The van der Waals surface area contributed by atoms with Gasteiger partial charge in [0.15, 0.2) is 0 Å². The van der Waals surface area contributed by atoms with Gasteiger partial charge in [0, 0.05) is 37.3 Å². The van der Waals surface area contributed by atoms with E-state index in [0.717, 1.165) is 32.7 Å².